The first-order valence-corrected chi connectivity index (χ1v) is 8.70. The Morgan fingerprint density at radius 1 is 1.25 bits per heavy atom. The highest BCUT2D eigenvalue weighted by atomic mass is 35.5. The molecule has 1 fully saturated rings. The first-order chi connectivity index (χ1) is 11.2. The molecule has 0 aliphatic carbocycles. The molecule has 0 spiro atoms. The first kappa shape index (κ1) is 18.8. The molecule has 3 nitrogen and oxygen atoms in total. The van der Waals surface area contributed by atoms with Crippen molar-refractivity contribution in [1.29, 1.82) is 0 Å². The average Bonchev–Trinajstić information content (AvgIpc) is 3.12. The molecule has 1 amide bonds. The van der Waals surface area contributed by atoms with Gasteiger partial charge in [-0.05, 0) is 42.6 Å². The Hall–Kier alpha value is -1.58. The van der Waals surface area contributed by atoms with E-state index in [4.69, 9.17) is 0 Å². The standard InChI is InChI=1S/C20H26N2O.ClH/c1-3-12-22(19-10-11-21-14-19)20(23)15(2)17-9-8-16-6-4-5-7-18(16)13-17;/h4-9,13,15,19,21H,3,10-12,14H2,1-2H3;1H. The summed E-state index contributed by atoms with van der Waals surface area (Å²) >= 11 is 0. The van der Waals surface area contributed by atoms with Gasteiger partial charge in [-0.2, -0.15) is 0 Å². The summed E-state index contributed by atoms with van der Waals surface area (Å²) in [5.41, 5.74) is 1.11. The summed E-state index contributed by atoms with van der Waals surface area (Å²) < 4.78 is 0. The zero-order valence-corrected chi connectivity index (χ0v) is 15.3. The Morgan fingerprint density at radius 2 is 2.00 bits per heavy atom. The number of nitrogens with one attached hydrogen (secondary N) is 1. The smallest absolute Gasteiger partial charge is 0.230 e. The van der Waals surface area contributed by atoms with Crippen molar-refractivity contribution in [3.8, 4) is 0 Å². The number of amides is 1. The molecule has 1 aliphatic rings. The van der Waals surface area contributed by atoms with Crippen molar-refractivity contribution in [3.63, 3.8) is 0 Å². The predicted molar refractivity (Wildman–Crippen MR) is 103 cm³/mol. The highest BCUT2D eigenvalue weighted by molar-refractivity contribution is 5.87. The van der Waals surface area contributed by atoms with Crippen LogP contribution in [0.15, 0.2) is 42.5 Å². The van der Waals surface area contributed by atoms with Crippen LogP contribution in [0.4, 0.5) is 0 Å². The maximum atomic E-state index is 13.1. The van der Waals surface area contributed by atoms with Crippen molar-refractivity contribution in [1.82, 2.24) is 10.2 Å². The number of rotatable bonds is 5. The summed E-state index contributed by atoms with van der Waals surface area (Å²) in [5.74, 6) is 0.169. The number of halogens is 1. The van der Waals surface area contributed by atoms with Gasteiger partial charge >= 0.3 is 0 Å². The van der Waals surface area contributed by atoms with Gasteiger partial charge in [0, 0.05) is 19.1 Å². The van der Waals surface area contributed by atoms with Crippen LogP contribution < -0.4 is 5.32 Å². The van der Waals surface area contributed by atoms with Gasteiger partial charge in [-0.3, -0.25) is 4.79 Å². The second-order valence-electron chi connectivity index (χ2n) is 6.51. The number of hydrogen-bond acceptors (Lipinski definition) is 2. The molecule has 0 aromatic heterocycles. The fourth-order valence-electron chi connectivity index (χ4n) is 3.49. The van der Waals surface area contributed by atoms with E-state index in [-0.39, 0.29) is 24.2 Å². The summed E-state index contributed by atoms with van der Waals surface area (Å²) in [6.45, 7) is 6.97. The van der Waals surface area contributed by atoms with Crippen LogP contribution in [-0.2, 0) is 4.79 Å². The highest BCUT2D eigenvalue weighted by Gasteiger charge is 2.29. The lowest BCUT2D eigenvalue weighted by molar-refractivity contribution is -0.134. The van der Waals surface area contributed by atoms with E-state index in [1.807, 2.05) is 19.1 Å². The third-order valence-corrected chi connectivity index (χ3v) is 4.87. The van der Waals surface area contributed by atoms with Gasteiger partial charge < -0.3 is 10.2 Å². The van der Waals surface area contributed by atoms with Crippen molar-refractivity contribution in [2.45, 2.75) is 38.6 Å². The lowest BCUT2D eigenvalue weighted by Crippen LogP contribution is -2.44. The van der Waals surface area contributed by atoms with Crippen LogP contribution >= 0.6 is 12.4 Å². The third kappa shape index (κ3) is 3.90. The third-order valence-electron chi connectivity index (χ3n) is 4.87. The monoisotopic (exact) mass is 346 g/mol. The summed E-state index contributed by atoms with van der Waals surface area (Å²) in [4.78, 5) is 15.2. The molecule has 2 aromatic rings. The largest absolute Gasteiger partial charge is 0.338 e. The molecule has 0 bridgehead atoms. The molecule has 0 radical (unpaired) electrons. The van der Waals surface area contributed by atoms with Gasteiger partial charge in [-0.15, -0.1) is 12.4 Å². The quantitative estimate of drug-likeness (QED) is 0.888. The molecule has 2 unspecified atom stereocenters. The molecule has 1 heterocycles. The second-order valence-corrected chi connectivity index (χ2v) is 6.51. The predicted octanol–water partition coefficient (Wildman–Crippen LogP) is 3.97. The van der Waals surface area contributed by atoms with Crippen LogP contribution in [0.25, 0.3) is 10.8 Å². The molecule has 2 atom stereocenters. The van der Waals surface area contributed by atoms with Gasteiger partial charge in [-0.1, -0.05) is 49.4 Å². The van der Waals surface area contributed by atoms with E-state index >= 15 is 0 Å². The minimum Gasteiger partial charge on any atom is -0.338 e. The van der Waals surface area contributed by atoms with Crippen molar-refractivity contribution >= 4 is 29.1 Å². The Bertz CT molecular complexity index is 682. The van der Waals surface area contributed by atoms with Crippen molar-refractivity contribution in [2.75, 3.05) is 19.6 Å². The van der Waals surface area contributed by atoms with Gasteiger partial charge in [0.2, 0.25) is 5.91 Å². The summed E-state index contributed by atoms with van der Waals surface area (Å²) in [5, 5.41) is 5.80. The van der Waals surface area contributed by atoms with Crippen LogP contribution in [0, 0.1) is 0 Å². The summed E-state index contributed by atoms with van der Waals surface area (Å²) in [7, 11) is 0. The van der Waals surface area contributed by atoms with E-state index in [9.17, 15) is 4.79 Å². The minimum atomic E-state index is -0.0910. The Kier molecular flexibility index (Phi) is 6.64. The topological polar surface area (TPSA) is 32.3 Å². The number of benzene rings is 2. The SMILES string of the molecule is CCCN(C(=O)C(C)c1ccc2ccccc2c1)C1CCNC1.Cl. The average molecular weight is 347 g/mol. The highest BCUT2D eigenvalue weighted by Crippen LogP contribution is 2.25. The van der Waals surface area contributed by atoms with Gasteiger partial charge in [0.25, 0.3) is 0 Å². The van der Waals surface area contributed by atoms with Crippen molar-refractivity contribution in [2.24, 2.45) is 0 Å². The van der Waals surface area contributed by atoms with Crippen LogP contribution in [0.2, 0.25) is 0 Å². The molecule has 1 aliphatic heterocycles. The second kappa shape index (κ2) is 8.50. The molecule has 130 valence electrons. The molecule has 0 saturated carbocycles. The van der Waals surface area contributed by atoms with E-state index in [0.29, 0.717) is 6.04 Å². The number of nitrogens with zero attached hydrogens (tertiary/aromatic N) is 1. The summed E-state index contributed by atoms with van der Waals surface area (Å²) in [6, 6.07) is 15.1. The van der Waals surface area contributed by atoms with Crippen molar-refractivity contribution in [3.05, 3.63) is 48.0 Å². The van der Waals surface area contributed by atoms with E-state index in [0.717, 1.165) is 38.0 Å². The molecule has 2 aromatic carbocycles. The van der Waals surface area contributed by atoms with Crippen LogP contribution in [0.1, 0.15) is 38.2 Å². The van der Waals surface area contributed by atoms with Crippen molar-refractivity contribution < 1.29 is 4.79 Å². The summed E-state index contributed by atoms with van der Waals surface area (Å²) in [6.07, 6.45) is 2.07. The molecule has 1 saturated heterocycles. The van der Waals surface area contributed by atoms with Gasteiger partial charge in [-0.25, -0.2) is 0 Å². The number of carbonyl (C=O) groups excluding carboxylic acids is 1. The lowest BCUT2D eigenvalue weighted by atomic mass is 9.96. The fourth-order valence-corrected chi connectivity index (χ4v) is 3.49. The van der Waals surface area contributed by atoms with Crippen LogP contribution in [-0.4, -0.2) is 36.5 Å². The molecular weight excluding hydrogens is 320 g/mol. The zero-order valence-electron chi connectivity index (χ0n) is 14.5. The van der Waals surface area contributed by atoms with E-state index in [2.05, 4.69) is 47.5 Å². The normalized spacial score (nSPS) is 18.2. The Balaban J connectivity index is 0.00000208. The van der Waals surface area contributed by atoms with Crippen LogP contribution in [0.5, 0.6) is 0 Å². The molecular formula is C20H27ClN2O. The molecule has 24 heavy (non-hydrogen) atoms. The zero-order chi connectivity index (χ0) is 16.2. The first-order valence-electron chi connectivity index (χ1n) is 8.70. The molecule has 1 N–H and O–H groups in total. The van der Waals surface area contributed by atoms with E-state index in [1.165, 1.54) is 10.8 Å². The fraction of sp³-hybridized carbons (Fsp3) is 0.450. The molecule has 3 rings (SSSR count). The number of fused-ring (bicyclic) bond motifs is 1. The Morgan fingerprint density at radius 3 is 2.67 bits per heavy atom. The van der Waals surface area contributed by atoms with Crippen LogP contribution in [0.3, 0.4) is 0 Å². The molecule has 4 heteroatoms. The van der Waals surface area contributed by atoms with Gasteiger partial charge in [0.1, 0.15) is 0 Å². The maximum absolute atomic E-state index is 13.1. The Labute approximate surface area is 150 Å². The minimum absolute atomic E-state index is 0. The number of hydrogen-bond donors (Lipinski definition) is 1. The van der Waals surface area contributed by atoms with Gasteiger partial charge in [0.15, 0.2) is 0 Å². The lowest BCUT2D eigenvalue weighted by Gasteiger charge is -2.31. The van der Waals surface area contributed by atoms with E-state index < -0.39 is 0 Å². The maximum Gasteiger partial charge on any atom is 0.230 e. The number of carbonyl (C=O) groups is 1. The van der Waals surface area contributed by atoms with E-state index in [1.54, 1.807) is 0 Å². The van der Waals surface area contributed by atoms with Gasteiger partial charge in [0.05, 0.1) is 5.92 Å².